The molecule has 0 aromatic carbocycles. The van der Waals surface area contributed by atoms with E-state index in [2.05, 4.69) is 9.71 Å². The number of methoxy groups -OCH3 is 1. The highest BCUT2D eigenvalue weighted by Crippen LogP contribution is 2.23. The lowest BCUT2D eigenvalue weighted by molar-refractivity contribution is 0.0690. The van der Waals surface area contributed by atoms with Crippen molar-refractivity contribution >= 4 is 16.0 Å². The zero-order valence-electron chi connectivity index (χ0n) is 12.1. The molecule has 0 aliphatic rings. The second-order valence-corrected chi connectivity index (χ2v) is 6.32. The number of ether oxygens (including phenoxy) is 1. The van der Waals surface area contributed by atoms with Crippen molar-refractivity contribution in [3.05, 3.63) is 17.0 Å². The number of aliphatic hydroxyl groups excluding tert-OH is 1. The number of hydrogen-bond donors (Lipinski definition) is 4. The van der Waals surface area contributed by atoms with Crippen LogP contribution in [0, 0.1) is 13.8 Å². The third kappa shape index (κ3) is 4.03. The predicted octanol–water partition coefficient (Wildman–Crippen LogP) is 0.00544. The van der Waals surface area contributed by atoms with Crippen LogP contribution in [-0.2, 0) is 14.8 Å². The Bertz CT molecular complexity index is 602. The van der Waals surface area contributed by atoms with Gasteiger partial charge in [0.25, 0.3) is 0 Å². The van der Waals surface area contributed by atoms with Crippen LogP contribution in [0.4, 0.5) is 0 Å². The largest absolute Gasteiger partial charge is 0.477 e. The molecule has 4 N–H and O–H groups in total. The van der Waals surface area contributed by atoms with E-state index >= 15 is 0 Å². The van der Waals surface area contributed by atoms with Crippen LogP contribution in [0.15, 0.2) is 4.90 Å². The van der Waals surface area contributed by atoms with Gasteiger partial charge in [-0.25, -0.2) is 17.9 Å². The van der Waals surface area contributed by atoms with E-state index in [1.807, 2.05) is 0 Å². The van der Waals surface area contributed by atoms with Gasteiger partial charge < -0.3 is 19.9 Å². The highest BCUT2D eigenvalue weighted by atomic mass is 32.2. The molecule has 9 heteroatoms. The normalized spacial score (nSPS) is 13.3. The molecule has 1 aromatic rings. The van der Waals surface area contributed by atoms with Crippen LogP contribution in [0.1, 0.15) is 28.2 Å². The van der Waals surface area contributed by atoms with Crippen molar-refractivity contribution in [3.8, 4) is 0 Å². The molecule has 0 aliphatic heterocycles. The summed E-state index contributed by atoms with van der Waals surface area (Å²) >= 11 is 0. The second kappa shape index (κ2) is 7.03. The molecule has 0 bridgehead atoms. The van der Waals surface area contributed by atoms with Gasteiger partial charge in [-0.15, -0.1) is 0 Å². The van der Waals surface area contributed by atoms with Crippen LogP contribution in [0.3, 0.4) is 0 Å². The Balaban J connectivity index is 3.16. The van der Waals surface area contributed by atoms with Gasteiger partial charge in [0.05, 0.1) is 6.61 Å². The zero-order valence-corrected chi connectivity index (χ0v) is 13.0. The summed E-state index contributed by atoms with van der Waals surface area (Å²) in [6, 6.07) is -0.591. The maximum atomic E-state index is 12.4. The van der Waals surface area contributed by atoms with Gasteiger partial charge in [-0.3, -0.25) is 0 Å². The summed E-state index contributed by atoms with van der Waals surface area (Å²) in [5, 5.41) is 18.0. The van der Waals surface area contributed by atoms with Crippen molar-refractivity contribution in [1.29, 1.82) is 0 Å². The lowest BCUT2D eigenvalue weighted by Gasteiger charge is -2.17. The highest BCUT2D eigenvalue weighted by Gasteiger charge is 2.28. The van der Waals surface area contributed by atoms with Gasteiger partial charge in [0, 0.05) is 31.0 Å². The number of hydrogen-bond acceptors (Lipinski definition) is 5. The zero-order chi connectivity index (χ0) is 16.2. The predicted molar refractivity (Wildman–Crippen MR) is 74.9 cm³/mol. The minimum absolute atomic E-state index is 0.0843. The Morgan fingerprint density at radius 2 is 2.05 bits per heavy atom. The summed E-state index contributed by atoms with van der Waals surface area (Å²) in [7, 11) is -2.49. The Morgan fingerprint density at radius 3 is 2.48 bits per heavy atom. The minimum atomic E-state index is -3.91. The van der Waals surface area contributed by atoms with Gasteiger partial charge in [0.1, 0.15) is 10.6 Å². The first kappa shape index (κ1) is 17.6. The molecule has 120 valence electrons. The molecule has 1 heterocycles. The molecule has 0 spiro atoms. The lowest BCUT2D eigenvalue weighted by Crippen LogP contribution is -2.39. The standard InChI is InChI=1S/C12H20N2O6S/c1-7-10(12(16)17)13-8(2)11(7)21(18,19)14-9(4-5-15)6-20-3/h9,13-15H,4-6H2,1-3H3,(H,16,17). The topological polar surface area (TPSA) is 129 Å². The molecular weight excluding hydrogens is 300 g/mol. The first-order valence-corrected chi connectivity index (χ1v) is 7.77. The van der Waals surface area contributed by atoms with E-state index in [0.717, 1.165) is 0 Å². The molecule has 0 fully saturated rings. The first-order chi connectivity index (χ1) is 9.74. The summed E-state index contributed by atoms with van der Waals surface area (Å²) in [5.74, 6) is -1.22. The fraction of sp³-hybridized carbons (Fsp3) is 0.583. The number of aromatic nitrogens is 1. The average Bonchev–Trinajstić information content (AvgIpc) is 2.65. The fourth-order valence-corrected chi connectivity index (χ4v) is 3.86. The van der Waals surface area contributed by atoms with Gasteiger partial charge in [-0.05, 0) is 20.3 Å². The number of aryl methyl sites for hydroxylation is 1. The highest BCUT2D eigenvalue weighted by molar-refractivity contribution is 7.89. The fourth-order valence-electron chi connectivity index (χ4n) is 2.16. The molecular formula is C12H20N2O6S. The Morgan fingerprint density at radius 1 is 1.43 bits per heavy atom. The van der Waals surface area contributed by atoms with E-state index in [1.165, 1.54) is 21.0 Å². The van der Waals surface area contributed by atoms with E-state index in [0.29, 0.717) is 0 Å². The molecule has 21 heavy (non-hydrogen) atoms. The SMILES string of the molecule is COCC(CCO)NS(=O)(=O)c1c(C)[nH]c(C(=O)O)c1C. The van der Waals surface area contributed by atoms with E-state index in [1.54, 1.807) is 0 Å². The number of carboxylic acids is 1. The van der Waals surface area contributed by atoms with Gasteiger partial charge in [0.15, 0.2) is 0 Å². The lowest BCUT2D eigenvalue weighted by atomic mass is 10.2. The van der Waals surface area contributed by atoms with Crippen molar-refractivity contribution in [1.82, 2.24) is 9.71 Å². The maximum absolute atomic E-state index is 12.4. The second-order valence-electron chi connectivity index (χ2n) is 4.67. The van der Waals surface area contributed by atoms with Crippen LogP contribution < -0.4 is 4.72 Å². The summed E-state index contributed by atoms with van der Waals surface area (Å²) in [5.41, 5.74) is 0.239. The molecule has 0 amide bonds. The van der Waals surface area contributed by atoms with Crippen LogP contribution in [-0.4, -0.2) is 55.9 Å². The first-order valence-electron chi connectivity index (χ1n) is 6.29. The molecule has 8 nitrogen and oxygen atoms in total. The van der Waals surface area contributed by atoms with E-state index in [4.69, 9.17) is 14.9 Å². The summed E-state index contributed by atoms with van der Waals surface area (Å²) in [4.78, 5) is 13.5. The Hall–Kier alpha value is -1.42. The maximum Gasteiger partial charge on any atom is 0.352 e. The molecule has 1 unspecified atom stereocenters. The average molecular weight is 320 g/mol. The molecule has 0 saturated carbocycles. The Labute approximate surface area is 123 Å². The molecule has 0 saturated heterocycles. The number of nitrogens with one attached hydrogen (secondary N) is 2. The van der Waals surface area contributed by atoms with E-state index < -0.39 is 22.0 Å². The number of rotatable bonds is 8. The van der Waals surface area contributed by atoms with Crippen LogP contribution in [0.5, 0.6) is 0 Å². The number of aromatic carboxylic acids is 1. The molecule has 1 aromatic heterocycles. The number of sulfonamides is 1. The molecule has 1 rings (SSSR count). The van der Waals surface area contributed by atoms with Crippen molar-refractivity contribution < 1.29 is 28.2 Å². The van der Waals surface area contributed by atoms with Gasteiger partial charge in [-0.2, -0.15) is 0 Å². The van der Waals surface area contributed by atoms with Crippen molar-refractivity contribution in [3.63, 3.8) is 0 Å². The third-order valence-corrected chi connectivity index (χ3v) is 4.81. The van der Waals surface area contributed by atoms with Crippen molar-refractivity contribution in [2.24, 2.45) is 0 Å². The van der Waals surface area contributed by atoms with Gasteiger partial charge in [0.2, 0.25) is 10.0 Å². The summed E-state index contributed by atoms with van der Waals surface area (Å²) < 4.78 is 32.1. The van der Waals surface area contributed by atoms with Gasteiger partial charge >= 0.3 is 5.97 Å². The number of aliphatic hydroxyl groups is 1. The quantitative estimate of drug-likeness (QED) is 0.534. The van der Waals surface area contributed by atoms with E-state index in [-0.39, 0.29) is 41.5 Å². The third-order valence-electron chi connectivity index (χ3n) is 3.02. The van der Waals surface area contributed by atoms with Crippen LogP contribution in [0.2, 0.25) is 0 Å². The number of aromatic amines is 1. The molecule has 0 radical (unpaired) electrons. The van der Waals surface area contributed by atoms with Crippen molar-refractivity contribution in [2.45, 2.75) is 31.2 Å². The minimum Gasteiger partial charge on any atom is -0.477 e. The van der Waals surface area contributed by atoms with Gasteiger partial charge in [-0.1, -0.05) is 0 Å². The number of carboxylic acid groups (broad SMARTS) is 1. The van der Waals surface area contributed by atoms with E-state index in [9.17, 15) is 13.2 Å². The molecule has 0 aliphatic carbocycles. The summed E-state index contributed by atoms with van der Waals surface area (Å²) in [6.45, 7) is 2.83. The summed E-state index contributed by atoms with van der Waals surface area (Å²) in [6.07, 6.45) is 0.196. The Kier molecular flexibility index (Phi) is 5.90. The smallest absolute Gasteiger partial charge is 0.352 e. The molecule has 1 atom stereocenters. The van der Waals surface area contributed by atoms with Crippen LogP contribution >= 0.6 is 0 Å². The monoisotopic (exact) mass is 320 g/mol. The van der Waals surface area contributed by atoms with Crippen LogP contribution in [0.25, 0.3) is 0 Å². The van der Waals surface area contributed by atoms with Crippen molar-refractivity contribution in [2.75, 3.05) is 20.3 Å². The number of carbonyl (C=O) groups is 1. The number of H-pyrrole nitrogens is 1.